The average molecular weight is 475 g/mol. The molecule has 4 aromatic rings. The van der Waals surface area contributed by atoms with Gasteiger partial charge in [0.25, 0.3) is 5.91 Å². The fourth-order valence-corrected chi connectivity index (χ4v) is 4.92. The first-order valence-corrected chi connectivity index (χ1v) is 11.8. The molecule has 2 aromatic heterocycles. The van der Waals surface area contributed by atoms with Gasteiger partial charge in [-0.05, 0) is 41.2 Å². The molecule has 2 aromatic carbocycles. The Bertz CT molecular complexity index is 1420. The summed E-state index contributed by atoms with van der Waals surface area (Å²) in [5, 5.41) is 24.2. The molecular formula is C24H22N6O3S. The number of carboxylic acid groups (broad SMARTS) is 1. The van der Waals surface area contributed by atoms with Crippen molar-refractivity contribution < 1.29 is 14.7 Å². The number of hydrogen-bond donors (Lipinski definition) is 2. The van der Waals surface area contributed by atoms with E-state index in [9.17, 15) is 14.7 Å². The van der Waals surface area contributed by atoms with Gasteiger partial charge >= 0.3 is 5.97 Å². The van der Waals surface area contributed by atoms with Crippen LogP contribution in [0.2, 0.25) is 0 Å². The van der Waals surface area contributed by atoms with Crippen LogP contribution < -0.4 is 4.80 Å². The summed E-state index contributed by atoms with van der Waals surface area (Å²) in [5.74, 6) is -0.687. The molecule has 1 fully saturated rings. The van der Waals surface area contributed by atoms with Crippen LogP contribution in [0.5, 0.6) is 0 Å². The summed E-state index contributed by atoms with van der Waals surface area (Å²) < 4.78 is 1.65. The summed E-state index contributed by atoms with van der Waals surface area (Å²) in [5.41, 5.74) is 3.90. The number of aromatic carboxylic acids is 1. The Morgan fingerprint density at radius 2 is 1.88 bits per heavy atom. The molecule has 1 amide bonds. The van der Waals surface area contributed by atoms with E-state index >= 15 is 0 Å². The third-order valence-electron chi connectivity index (χ3n) is 5.75. The summed E-state index contributed by atoms with van der Waals surface area (Å²) in [7, 11) is 0. The molecular weight excluding hydrogens is 452 g/mol. The maximum atomic E-state index is 12.4. The van der Waals surface area contributed by atoms with E-state index in [1.165, 1.54) is 11.3 Å². The second kappa shape index (κ2) is 9.14. The molecule has 0 bridgehead atoms. The van der Waals surface area contributed by atoms with E-state index < -0.39 is 5.97 Å². The number of H-pyrrole nitrogens is 1. The molecule has 0 unspecified atom stereocenters. The van der Waals surface area contributed by atoms with Gasteiger partial charge in [-0.15, -0.1) is 21.5 Å². The highest BCUT2D eigenvalue weighted by Gasteiger charge is 2.30. The molecule has 34 heavy (non-hydrogen) atoms. The van der Waals surface area contributed by atoms with E-state index in [0.29, 0.717) is 28.5 Å². The zero-order chi connectivity index (χ0) is 23.7. The number of nitrogens with one attached hydrogen (secondary N) is 1. The molecule has 0 aliphatic heterocycles. The molecule has 172 valence electrons. The van der Waals surface area contributed by atoms with Crippen LogP contribution in [0.25, 0.3) is 22.5 Å². The van der Waals surface area contributed by atoms with Crippen molar-refractivity contribution >= 4 is 23.2 Å². The highest BCUT2D eigenvalue weighted by molar-refractivity contribution is 7.09. The van der Waals surface area contributed by atoms with E-state index in [-0.39, 0.29) is 17.5 Å². The maximum absolute atomic E-state index is 12.4. The number of rotatable bonds is 7. The number of aryl methyl sites for hydroxylation is 1. The Morgan fingerprint density at radius 3 is 2.50 bits per heavy atom. The van der Waals surface area contributed by atoms with Gasteiger partial charge in [0.05, 0.1) is 6.54 Å². The van der Waals surface area contributed by atoms with Gasteiger partial charge in [0.1, 0.15) is 5.69 Å². The van der Waals surface area contributed by atoms with Crippen molar-refractivity contribution in [3.63, 3.8) is 0 Å². The number of tetrazole rings is 1. The van der Waals surface area contributed by atoms with Crippen LogP contribution in [-0.2, 0) is 17.8 Å². The molecule has 9 nitrogen and oxygen atoms in total. The van der Waals surface area contributed by atoms with Crippen LogP contribution >= 0.6 is 11.3 Å². The second-order valence-corrected chi connectivity index (χ2v) is 9.17. The van der Waals surface area contributed by atoms with E-state index in [1.807, 2.05) is 55.5 Å². The number of hydrogen-bond acceptors (Lipinski definition) is 6. The number of carbonyl (C=O) groups is 2. The Kier molecular flexibility index (Phi) is 5.89. The van der Waals surface area contributed by atoms with Crippen molar-refractivity contribution in [3.05, 3.63) is 69.5 Å². The van der Waals surface area contributed by atoms with Crippen molar-refractivity contribution in [1.29, 1.82) is 0 Å². The normalized spacial score (nSPS) is 13.9. The fourth-order valence-electron chi connectivity index (χ4n) is 3.86. The Labute approximate surface area is 198 Å². The maximum Gasteiger partial charge on any atom is 0.353 e. The van der Waals surface area contributed by atoms with Crippen LogP contribution in [0.4, 0.5) is 0 Å². The van der Waals surface area contributed by atoms with E-state index in [4.69, 9.17) is 0 Å². The number of thiazole rings is 1. The van der Waals surface area contributed by atoms with Crippen molar-refractivity contribution in [2.75, 3.05) is 0 Å². The van der Waals surface area contributed by atoms with Crippen LogP contribution in [0.15, 0.2) is 53.5 Å². The van der Waals surface area contributed by atoms with Gasteiger partial charge in [-0.2, -0.15) is 10.2 Å². The predicted molar refractivity (Wildman–Crippen MR) is 126 cm³/mol. The minimum Gasteiger partial charge on any atom is -0.477 e. The number of benzene rings is 2. The Balaban J connectivity index is 1.50. The SMILES string of the molecule is CCc1sc(=NC(=O)C2CC2)n(Cc2ccc(-c3ccccc3-c3nn[nH]n3)cc2)c1C(=O)O. The smallest absolute Gasteiger partial charge is 0.353 e. The molecule has 0 saturated heterocycles. The van der Waals surface area contributed by atoms with Crippen LogP contribution in [0.3, 0.4) is 0 Å². The van der Waals surface area contributed by atoms with E-state index in [0.717, 1.165) is 35.1 Å². The number of aromatic amines is 1. The standard InChI is InChI=1S/C24H22N6O3S/c1-2-19-20(23(32)33)30(24(34-19)25-22(31)16-11-12-16)13-14-7-9-15(10-8-14)17-5-3-4-6-18(17)21-26-28-29-27-21/h3-10,16H,2,11-13H2,1H3,(H,32,33)(H,26,27,28,29). The van der Waals surface area contributed by atoms with Crippen molar-refractivity contribution in [2.45, 2.75) is 32.7 Å². The topological polar surface area (TPSA) is 126 Å². The highest BCUT2D eigenvalue weighted by Crippen LogP contribution is 2.31. The lowest BCUT2D eigenvalue weighted by Gasteiger charge is -2.10. The summed E-state index contributed by atoms with van der Waals surface area (Å²) in [6, 6.07) is 15.7. The third-order valence-corrected chi connectivity index (χ3v) is 6.98. The van der Waals surface area contributed by atoms with Crippen LogP contribution in [0.1, 0.15) is 40.7 Å². The zero-order valence-electron chi connectivity index (χ0n) is 18.4. The lowest BCUT2D eigenvalue weighted by Crippen LogP contribution is -2.22. The van der Waals surface area contributed by atoms with Gasteiger partial charge in [0, 0.05) is 16.4 Å². The Morgan fingerprint density at radius 1 is 1.15 bits per heavy atom. The molecule has 0 radical (unpaired) electrons. The average Bonchev–Trinajstić information content (AvgIpc) is 3.45. The van der Waals surface area contributed by atoms with Crippen molar-refractivity contribution in [1.82, 2.24) is 25.2 Å². The van der Waals surface area contributed by atoms with Crippen molar-refractivity contribution in [3.8, 4) is 22.5 Å². The number of carbonyl (C=O) groups excluding carboxylic acids is 1. The first kappa shape index (κ1) is 21.9. The summed E-state index contributed by atoms with van der Waals surface area (Å²) in [4.78, 5) is 29.9. The summed E-state index contributed by atoms with van der Waals surface area (Å²) >= 11 is 1.28. The van der Waals surface area contributed by atoms with Gasteiger partial charge in [0.2, 0.25) is 5.82 Å². The van der Waals surface area contributed by atoms with E-state index in [1.54, 1.807) is 4.57 Å². The second-order valence-electron chi connectivity index (χ2n) is 8.10. The van der Waals surface area contributed by atoms with Gasteiger partial charge in [-0.1, -0.05) is 55.5 Å². The zero-order valence-corrected chi connectivity index (χ0v) is 19.2. The number of carboxylic acids is 1. The first-order valence-electron chi connectivity index (χ1n) is 11.0. The van der Waals surface area contributed by atoms with Gasteiger partial charge in [0.15, 0.2) is 4.80 Å². The minimum atomic E-state index is -1.01. The largest absolute Gasteiger partial charge is 0.477 e. The monoisotopic (exact) mass is 474 g/mol. The predicted octanol–water partition coefficient (Wildman–Crippen LogP) is 3.54. The third kappa shape index (κ3) is 4.32. The molecule has 10 heteroatoms. The quantitative estimate of drug-likeness (QED) is 0.422. The minimum absolute atomic E-state index is 0.0209. The van der Waals surface area contributed by atoms with Gasteiger partial charge < -0.3 is 9.67 Å². The number of nitrogens with zero attached hydrogens (tertiary/aromatic N) is 5. The molecule has 1 aliphatic rings. The van der Waals surface area contributed by atoms with Crippen LogP contribution in [-0.4, -0.2) is 42.2 Å². The van der Waals surface area contributed by atoms with Gasteiger partial charge in [-0.25, -0.2) is 4.79 Å². The first-order chi connectivity index (χ1) is 16.5. The van der Waals surface area contributed by atoms with Gasteiger partial charge in [-0.3, -0.25) is 4.79 Å². The fraction of sp³-hybridized carbons (Fsp3) is 0.250. The molecule has 1 aliphatic carbocycles. The molecule has 2 N–H and O–H groups in total. The molecule has 0 atom stereocenters. The summed E-state index contributed by atoms with van der Waals surface area (Å²) in [6.45, 7) is 2.22. The number of amides is 1. The highest BCUT2D eigenvalue weighted by atomic mass is 32.1. The molecule has 5 rings (SSSR count). The van der Waals surface area contributed by atoms with Crippen LogP contribution in [0, 0.1) is 5.92 Å². The number of aromatic nitrogens is 5. The summed E-state index contributed by atoms with van der Waals surface area (Å²) in [6.07, 6.45) is 2.27. The molecule has 1 saturated carbocycles. The van der Waals surface area contributed by atoms with Crippen molar-refractivity contribution in [2.24, 2.45) is 10.9 Å². The lowest BCUT2D eigenvalue weighted by molar-refractivity contribution is -0.119. The molecule has 0 spiro atoms. The van der Waals surface area contributed by atoms with E-state index in [2.05, 4.69) is 25.6 Å². The Hall–Kier alpha value is -3.92. The lowest BCUT2D eigenvalue weighted by atomic mass is 9.98. The molecule has 2 heterocycles.